The van der Waals surface area contributed by atoms with Crippen LogP contribution in [0.3, 0.4) is 0 Å². The Kier molecular flexibility index (Phi) is 3.49. The minimum absolute atomic E-state index is 0.133. The summed E-state index contributed by atoms with van der Waals surface area (Å²) in [5.41, 5.74) is 0.174. The Bertz CT molecular complexity index is 401. The molecule has 2 unspecified atom stereocenters. The molecule has 1 aliphatic rings. The zero-order chi connectivity index (χ0) is 12.4. The van der Waals surface area contributed by atoms with Gasteiger partial charge in [-0.15, -0.1) is 0 Å². The fraction of sp³-hybridized carbons (Fsp3) is 0.583. The fourth-order valence-electron chi connectivity index (χ4n) is 2.36. The second-order valence-corrected chi connectivity index (χ2v) is 4.59. The van der Waals surface area contributed by atoms with Gasteiger partial charge in [-0.1, -0.05) is 6.92 Å². The number of aliphatic hydroxyl groups is 1. The molecule has 17 heavy (non-hydrogen) atoms. The Balaban J connectivity index is 2.02. The van der Waals surface area contributed by atoms with Crippen molar-refractivity contribution in [2.45, 2.75) is 25.9 Å². The zero-order valence-corrected chi connectivity index (χ0v) is 9.80. The van der Waals surface area contributed by atoms with Gasteiger partial charge in [-0.2, -0.15) is 0 Å². The molecule has 2 rings (SSSR count). The van der Waals surface area contributed by atoms with E-state index in [2.05, 4.69) is 11.8 Å². The second-order valence-electron chi connectivity index (χ2n) is 4.59. The minimum Gasteiger partial charge on any atom is -0.478 e. The van der Waals surface area contributed by atoms with E-state index >= 15 is 0 Å². The molecule has 0 aromatic carbocycles. The summed E-state index contributed by atoms with van der Waals surface area (Å²) in [5, 5.41) is 18.1. The SMILES string of the molecule is CC1CCN(Cc2cc(C(=O)O)co2)C1CO. The van der Waals surface area contributed by atoms with Crippen molar-refractivity contribution >= 4 is 5.97 Å². The molecule has 0 bridgehead atoms. The molecule has 2 heterocycles. The van der Waals surface area contributed by atoms with Gasteiger partial charge >= 0.3 is 5.97 Å². The smallest absolute Gasteiger partial charge is 0.338 e. The molecule has 0 saturated carbocycles. The molecule has 1 saturated heterocycles. The van der Waals surface area contributed by atoms with Gasteiger partial charge in [-0.3, -0.25) is 4.90 Å². The van der Waals surface area contributed by atoms with Crippen LogP contribution in [0.1, 0.15) is 29.5 Å². The van der Waals surface area contributed by atoms with Crippen molar-refractivity contribution in [1.29, 1.82) is 0 Å². The number of hydrogen-bond acceptors (Lipinski definition) is 4. The van der Waals surface area contributed by atoms with Gasteiger partial charge in [0.2, 0.25) is 0 Å². The predicted molar refractivity (Wildman–Crippen MR) is 60.7 cm³/mol. The summed E-state index contributed by atoms with van der Waals surface area (Å²) >= 11 is 0. The largest absolute Gasteiger partial charge is 0.478 e. The Morgan fingerprint density at radius 1 is 1.65 bits per heavy atom. The Hall–Kier alpha value is -1.33. The summed E-state index contributed by atoms with van der Waals surface area (Å²) < 4.78 is 5.21. The average Bonchev–Trinajstić information content (AvgIpc) is 2.87. The summed E-state index contributed by atoms with van der Waals surface area (Å²) in [5.74, 6) is 0.123. The van der Waals surface area contributed by atoms with Crippen molar-refractivity contribution in [3.05, 3.63) is 23.7 Å². The third-order valence-corrected chi connectivity index (χ3v) is 3.44. The molecule has 1 aromatic heterocycles. The van der Waals surface area contributed by atoms with E-state index in [1.807, 2.05) is 0 Å². The van der Waals surface area contributed by atoms with E-state index in [1.165, 1.54) is 6.26 Å². The van der Waals surface area contributed by atoms with Crippen molar-refractivity contribution in [2.24, 2.45) is 5.92 Å². The Labute approximate surface area is 99.6 Å². The van der Waals surface area contributed by atoms with Gasteiger partial charge in [0, 0.05) is 6.04 Å². The highest BCUT2D eigenvalue weighted by Gasteiger charge is 2.30. The van der Waals surface area contributed by atoms with Crippen LogP contribution < -0.4 is 0 Å². The summed E-state index contributed by atoms with van der Waals surface area (Å²) in [6.07, 6.45) is 2.31. The van der Waals surface area contributed by atoms with Gasteiger partial charge in [0.05, 0.1) is 18.7 Å². The minimum atomic E-state index is -0.978. The number of carbonyl (C=O) groups is 1. The van der Waals surface area contributed by atoms with Crippen LogP contribution in [0.15, 0.2) is 16.7 Å². The topological polar surface area (TPSA) is 73.9 Å². The zero-order valence-electron chi connectivity index (χ0n) is 9.80. The van der Waals surface area contributed by atoms with Crippen LogP contribution in [0.2, 0.25) is 0 Å². The molecule has 1 aromatic rings. The number of aromatic carboxylic acids is 1. The molecule has 2 N–H and O–H groups in total. The van der Waals surface area contributed by atoms with Crippen LogP contribution in [0.25, 0.3) is 0 Å². The maximum absolute atomic E-state index is 10.7. The first kappa shape index (κ1) is 12.1. The highest BCUT2D eigenvalue weighted by Crippen LogP contribution is 2.25. The maximum atomic E-state index is 10.7. The normalized spacial score (nSPS) is 25.3. The lowest BCUT2D eigenvalue weighted by molar-refractivity contribution is 0.0696. The summed E-state index contributed by atoms with van der Waals surface area (Å²) in [6, 6.07) is 1.69. The third-order valence-electron chi connectivity index (χ3n) is 3.44. The maximum Gasteiger partial charge on any atom is 0.338 e. The number of nitrogens with zero attached hydrogens (tertiary/aromatic N) is 1. The molecule has 94 valence electrons. The van der Waals surface area contributed by atoms with Crippen LogP contribution in [0.5, 0.6) is 0 Å². The van der Waals surface area contributed by atoms with Gasteiger partial charge < -0.3 is 14.6 Å². The van der Waals surface area contributed by atoms with E-state index in [9.17, 15) is 9.90 Å². The number of carboxylic acids is 1. The van der Waals surface area contributed by atoms with Gasteiger partial charge in [-0.05, 0) is 24.9 Å². The van der Waals surface area contributed by atoms with Crippen molar-refractivity contribution < 1.29 is 19.4 Å². The Morgan fingerprint density at radius 3 is 3.00 bits per heavy atom. The summed E-state index contributed by atoms with van der Waals surface area (Å²) in [6.45, 7) is 3.72. The quantitative estimate of drug-likeness (QED) is 0.825. The van der Waals surface area contributed by atoms with Gasteiger partial charge in [-0.25, -0.2) is 4.79 Å². The molecule has 1 aliphatic heterocycles. The summed E-state index contributed by atoms with van der Waals surface area (Å²) in [4.78, 5) is 12.8. The van der Waals surface area contributed by atoms with E-state index in [0.717, 1.165) is 13.0 Å². The average molecular weight is 239 g/mol. The highest BCUT2D eigenvalue weighted by atomic mass is 16.4. The standard InChI is InChI=1S/C12H17NO4/c1-8-2-3-13(11(8)6-14)5-10-4-9(7-17-10)12(15)16/h4,7-8,11,14H,2-3,5-6H2,1H3,(H,15,16). The number of furan rings is 1. The first-order valence-corrected chi connectivity index (χ1v) is 5.77. The lowest BCUT2D eigenvalue weighted by Crippen LogP contribution is -2.34. The van der Waals surface area contributed by atoms with Crippen molar-refractivity contribution in [1.82, 2.24) is 4.90 Å². The molecule has 5 heteroatoms. The second kappa shape index (κ2) is 4.89. The van der Waals surface area contributed by atoms with Crippen molar-refractivity contribution in [3.8, 4) is 0 Å². The van der Waals surface area contributed by atoms with E-state index in [4.69, 9.17) is 9.52 Å². The molecule has 0 amide bonds. The third kappa shape index (κ3) is 2.50. The van der Waals surface area contributed by atoms with Gasteiger partial charge in [0.25, 0.3) is 0 Å². The number of hydrogen-bond donors (Lipinski definition) is 2. The van der Waals surface area contributed by atoms with Crippen LogP contribution >= 0.6 is 0 Å². The number of carboxylic acid groups (broad SMARTS) is 1. The van der Waals surface area contributed by atoms with Crippen molar-refractivity contribution in [2.75, 3.05) is 13.2 Å². The number of rotatable bonds is 4. The fourth-order valence-corrected chi connectivity index (χ4v) is 2.36. The van der Waals surface area contributed by atoms with E-state index < -0.39 is 5.97 Å². The van der Waals surface area contributed by atoms with Gasteiger partial charge in [0.1, 0.15) is 12.0 Å². The highest BCUT2D eigenvalue weighted by molar-refractivity contribution is 5.87. The van der Waals surface area contributed by atoms with Crippen LogP contribution in [0, 0.1) is 5.92 Å². The van der Waals surface area contributed by atoms with E-state index in [0.29, 0.717) is 18.2 Å². The molecular formula is C12H17NO4. The van der Waals surface area contributed by atoms with Crippen molar-refractivity contribution in [3.63, 3.8) is 0 Å². The first-order valence-electron chi connectivity index (χ1n) is 5.77. The van der Waals surface area contributed by atoms with Crippen LogP contribution in [0.4, 0.5) is 0 Å². The number of likely N-dealkylation sites (tertiary alicyclic amines) is 1. The monoisotopic (exact) mass is 239 g/mol. The summed E-state index contributed by atoms with van der Waals surface area (Å²) in [7, 11) is 0. The molecule has 5 nitrogen and oxygen atoms in total. The molecule has 0 spiro atoms. The lowest BCUT2D eigenvalue weighted by Gasteiger charge is -2.23. The van der Waals surface area contributed by atoms with E-state index in [1.54, 1.807) is 6.07 Å². The number of aliphatic hydroxyl groups excluding tert-OH is 1. The molecular weight excluding hydrogens is 222 g/mol. The Morgan fingerprint density at radius 2 is 2.41 bits per heavy atom. The van der Waals surface area contributed by atoms with Gasteiger partial charge in [0.15, 0.2) is 0 Å². The first-order chi connectivity index (χ1) is 8.11. The van der Waals surface area contributed by atoms with E-state index in [-0.39, 0.29) is 18.2 Å². The molecule has 2 atom stereocenters. The molecule has 0 aliphatic carbocycles. The van der Waals surface area contributed by atoms with Crippen LogP contribution in [-0.2, 0) is 6.54 Å². The lowest BCUT2D eigenvalue weighted by atomic mass is 10.0. The molecule has 0 radical (unpaired) electrons. The predicted octanol–water partition coefficient (Wildman–Crippen LogP) is 1.18. The van der Waals surface area contributed by atoms with Crippen LogP contribution in [-0.4, -0.2) is 40.3 Å². The molecule has 1 fully saturated rings.